The maximum atomic E-state index is 11.3. The van der Waals surface area contributed by atoms with Gasteiger partial charge in [-0.2, -0.15) is 0 Å². The number of allylic oxidation sites excluding steroid dienone is 1. The van der Waals surface area contributed by atoms with Gasteiger partial charge in [0, 0.05) is 11.5 Å². The summed E-state index contributed by atoms with van der Waals surface area (Å²) in [7, 11) is 0. The molecule has 0 unspecified atom stereocenters. The summed E-state index contributed by atoms with van der Waals surface area (Å²) in [6.07, 6.45) is 12.4. The largest absolute Gasteiger partial charge is 0.478 e. The minimum Gasteiger partial charge on any atom is -0.478 e. The number of carbonyl (C=O) groups is 1. The van der Waals surface area contributed by atoms with Crippen LogP contribution in [0.1, 0.15) is 65.2 Å². The second kappa shape index (κ2) is 5.93. The molecule has 0 saturated heterocycles. The van der Waals surface area contributed by atoms with Crippen molar-refractivity contribution in [2.45, 2.75) is 76.9 Å². The number of carboxylic acids is 1. The number of hydrogen-bond acceptors (Lipinski definition) is 3. The van der Waals surface area contributed by atoms with E-state index >= 15 is 0 Å². The van der Waals surface area contributed by atoms with E-state index in [1.165, 1.54) is 5.57 Å². The molecule has 3 fully saturated rings. The van der Waals surface area contributed by atoms with Gasteiger partial charge in [-0.05, 0) is 80.6 Å². The van der Waals surface area contributed by atoms with E-state index in [0.717, 1.165) is 51.0 Å². The zero-order valence-electron chi connectivity index (χ0n) is 15.9. The molecule has 4 nitrogen and oxygen atoms in total. The van der Waals surface area contributed by atoms with Gasteiger partial charge >= 0.3 is 5.97 Å². The number of aliphatic hydroxyl groups excluding tert-OH is 1. The van der Waals surface area contributed by atoms with E-state index in [2.05, 4.69) is 19.9 Å². The van der Waals surface area contributed by atoms with E-state index in [9.17, 15) is 15.0 Å². The molecule has 4 heteroatoms. The third kappa shape index (κ3) is 2.45. The normalized spacial score (nSPS) is 50.7. The maximum Gasteiger partial charge on any atom is 0.328 e. The van der Waals surface area contributed by atoms with Crippen molar-refractivity contribution in [3.05, 3.63) is 23.8 Å². The van der Waals surface area contributed by atoms with Gasteiger partial charge in [-0.3, -0.25) is 0 Å². The fourth-order valence-corrected chi connectivity index (χ4v) is 7.18. The number of carboxylic acid groups (broad SMARTS) is 1. The van der Waals surface area contributed by atoms with Crippen molar-refractivity contribution in [3.63, 3.8) is 0 Å². The monoisotopic (exact) mass is 360 g/mol. The number of rotatable bonds is 2. The van der Waals surface area contributed by atoms with Crippen LogP contribution in [0.3, 0.4) is 0 Å². The molecule has 4 aliphatic rings. The molecule has 0 radical (unpaired) electrons. The van der Waals surface area contributed by atoms with Gasteiger partial charge < -0.3 is 15.3 Å². The first kappa shape index (κ1) is 18.2. The first-order valence-corrected chi connectivity index (χ1v) is 10.2. The second-order valence-electron chi connectivity index (χ2n) is 9.75. The summed E-state index contributed by atoms with van der Waals surface area (Å²) in [6.45, 7) is 4.58. The molecular weight excluding hydrogens is 328 g/mol. The number of fused-ring (bicyclic) bond motifs is 5. The molecule has 0 heterocycles. The van der Waals surface area contributed by atoms with Gasteiger partial charge in [0.15, 0.2) is 0 Å². The molecule has 0 amide bonds. The van der Waals surface area contributed by atoms with Crippen molar-refractivity contribution < 1.29 is 20.1 Å². The van der Waals surface area contributed by atoms with Crippen molar-refractivity contribution in [1.29, 1.82) is 0 Å². The van der Waals surface area contributed by atoms with Crippen molar-refractivity contribution >= 4 is 5.97 Å². The van der Waals surface area contributed by atoms with Crippen LogP contribution in [0.2, 0.25) is 0 Å². The third-order valence-electron chi connectivity index (χ3n) is 8.79. The Kier molecular flexibility index (Phi) is 4.16. The van der Waals surface area contributed by atoms with Gasteiger partial charge in [0.2, 0.25) is 0 Å². The summed E-state index contributed by atoms with van der Waals surface area (Å²) in [4.78, 5) is 11.0. The molecule has 0 aromatic rings. The smallest absolute Gasteiger partial charge is 0.328 e. The Hall–Kier alpha value is -1.13. The lowest BCUT2D eigenvalue weighted by atomic mass is 9.47. The number of aliphatic hydroxyl groups is 2. The van der Waals surface area contributed by atoms with Crippen LogP contribution in [-0.2, 0) is 4.79 Å². The quantitative estimate of drug-likeness (QED) is 0.518. The van der Waals surface area contributed by atoms with Crippen LogP contribution in [0.4, 0.5) is 0 Å². The Bertz CT molecular complexity index is 667. The SMILES string of the molecule is C[C@]12CC[C@H](O)CC1=CC[C@@H]1[C@@H]2CC[C@@]2(C)[C@H]1CC[C@@]2(O)/C=C/C(=O)O. The highest BCUT2D eigenvalue weighted by Crippen LogP contribution is 2.67. The van der Waals surface area contributed by atoms with Crippen LogP contribution in [0.25, 0.3) is 0 Å². The van der Waals surface area contributed by atoms with Crippen LogP contribution in [-0.4, -0.2) is 33.0 Å². The Morgan fingerprint density at radius 2 is 1.88 bits per heavy atom. The molecule has 0 bridgehead atoms. The third-order valence-corrected chi connectivity index (χ3v) is 8.79. The highest BCUT2D eigenvalue weighted by atomic mass is 16.4. The summed E-state index contributed by atoms with van der Waals surface area (Å²) in [5, 5.41) is 30.4. The number of aliphatic carboxylic acids is 1. The molecule has 0 spiro atoms. The molecular formula is C22H32O4. The lowest BCUT2D eigenvalue weighted by Crippen LogP contribution is -2.54. The molecule has 0 aromatic carbocycles. The maximum absolute atomic E-state index is 11.3. The molecule has 26 heavy (non-hydrogen) atoms. The van der Waals surface area contributed by atoms with Gasteiger partial charge in [0.25, 0.3) is 0 Å². The Labute approximate surface area is 156 Å². The fraction of sp³-hybridized carbons (Fsp3) is 0.773. The second-order valence-corrected chi connectivity index (χ2v) is 9.75. The number of hydrogen-bond donors (Lipinski definition) is 3. The summed E-state index contributed by atoms with van der Waals surface area (Å²) in [5.41, 5.74) is 0.409. The van der Waals surface area contributed by atoms with E-state index in [0.29, 0.717) is 24.2 Å². The predicted molar refractivity (Wildman–Crippen MR) is 99.4 cm³/mol. The van der Waals surface area contributed by atoms with E-state index < -0.39 is 11.6 Å². The lowest BCUT2D eigenvalue weighted by molar-refractivity contribution is -0.131. The fourth-order valence-electron chi connectivity index (χ4n) is 7.18. The van der Waals surface area contributed by atoms with Crippen molar-refractivity contribution in [1.82, 2.24) is 0 Å². The molecule has 7 atom stereocenters. The molecule has 0 aromatic heterocycles. The molecule has 3 N–H and O–H groups in total. The topological polar surface area (TPSA) is 77.8 Å². The highest BCUT2D eigenvalue weighted by Gasteiger charge is 2.62. The van der Waals surface area contributed by atoms with Crippen LogP contribution < -0.4 is 0 Å². The van der Waals surface area contributed by atoms with E-state index in [-0.39, 0.29) is 16.9 Å². The lowest BCUT2D eigenvalue weighted by Gasteiger charge is -2.58. The van der Waals surface area contributed by atoms with Crippen molar-refractivity contribution in [3.8, 4) is 0 Å². The molecule has 4 rings (SSSR count). The van der Waals surface area contributed by atoms with Gasteiger partial charge in [0.1, 0.15) is 0 Å². The summed E-state index contributed by atoms with van der Waals surface area (Å²) < 4.78 is 0. The zero-order valence-corrected chi connectivity index (χ0v) is 15.9. The van der Waals surface area contributed by atoms with Gasteiger partial charge in [-0.15, -0.1) is 0 Å². The highest BCUT2D eigenvalue weighted by molar-refractivity contribution is 5.80. The van der Waals surface area contributed by atoms with E-state index in [1.807, 2.05) is 0 Å². The minimum absolute atomic E-state index is 0.183. The van der Waals surface area contributed by atoms with Gasteiger partial charge in [-0.25, -0.2) is 4.79 Å². The van der Waals surface area contributed by atoms with Crippen molar-refractivity contribution in [2.75, 3.05) is 0 Å². The van der Waals surface area contributed by atoms with E-state index in [4.69, 9.17) is 5.11 Å². The van der Waals surface area contributed by atoms with Crippen molar-refractivity contribution in [2.24, 2.45) is 28.6 Å². The first-order chi connectivity index (χ1) is 12.2. The summed E-state index contributed by atoms with van der Waals surface area (Å²) in [6, 6.07) is 0. The average Bonchev–Trinajstić information content (AvgIpc) is 2.86. The van der Waals surface area contributed by atoms with E-state index in [1.54, 1.807) is 6.08 Å². The van der Waals surface area contributed by atoms with Gasteiger partial charge in [0.05, 0.1) is 11.7 Å². The Morgan fingerprint density at radius 1 is 1.15 bits per heavy atom. The Morgan fingerprint density at radius 3 is 2.62 bits per heavy atom. The van der Waals surface area contributed by atoms with Crippen LogP contribution >= 0.6 is 0 Å². The van der Waals surface area contributed by atoms with Gasteiger partial charge in [-0.1, -0.05) is 25.5 Å². The first-order valence-electron chi connectivity index (χ1n) is 10.2. The summed E-state index contributed by atoms with van der Waals surface area (Å²) >= 11 is 0. The molecule has 144 valence electrons. The summed E-state index contributed by atoms with van der Waals surface area (Å²) in [5.74, 6) is 0.632. The standard InChI is InChI=1S/C22H32O4/c1-20-9-5-15(23)13-14(20)3-4-16-17(20)6-10-21(2)18(16)7-11-22(21,26)12-8-19(24)25/h3,8,12,15-18,23,26H,4-7,9-11,13H2,1-2H3,(H,24,25)/b12-8+/t15-,16+,17-,18-,20-,21-,22+/m0/s1. The average molecular weight is 360 g/mol. The zero-order chi connectivity index (χ0) is 18.7. The molecule has 4 aliphatic carbocycles. The van der Waals surface area contributed by atoms with Crippen LogP contribution in [0.5, 0.6) is 0 Å². The molecule has 3 saturated carbocycles. The minimum atomic E-state index is -1.01. The van der Waals surface area contributed by atoms with Crippen LogP contribution in [0, 0.1) is 28.6 Å². The molecule has 0 aliphatic heterocycles. The predicted octanol–water partition coefficient (Wildman–Crippen LogP) is 3.68. The van der Waals surface area contributed by atoms with Crippen LogP contribution in [0.15, 0.2) is 23.8 Å². The Balaban J connectivity index is 1.65.